The fourth-order valence-corrected chi connectivity index (χ4v) is 2.49. The molecule has 1 aliphatic carbocycles. The molecule has 0 bridgehead atoms. The molecular formula is C13H16O3. The molecule has 0 spiro atoms. The van der Waals surface area contributed by atoms with Crippen LogP contribution in [0.4, 0.5) is 0 Å². The molecule has 0 aliphatic heterocycles. The Morgan fingerprint density at radius 1 is 1.38 bits per heavy atom. The molecule has 86 valence electrons. The molecule has 1 aromatic carbocycles. The van der Waals surface area contributed by atoms with E-state index in [0.29, 0.717) is 5.56 Å². The number of hydrogen-bond donors (Lipinski definition) is 1. The monoisotopic (exact) mass is 220 g/mol. The Hall–Kier alpha value is -1.35. The van der Waals surface area contributed by atoms with Crippen molar-refractivity contribution in [1.29, 1.82) is 0 Å². The van der Waals surface area contributed by atoms with Crippen LogP contribution in [0.3, 0.4) is 0 Å². The minimum Gasteiger partial charge on any atom is -0.478 e. The van der Waals surface area contributed by atoms with Gasteiger partial charge in [-0.15, -0.1) is 0 Å². The van der Waals surface area contributed by atoms with E-state index in [9.17, 15) is 4.79 Å². The largest absolute Gasteiger partial charge is 0.478 e. The molecule has 0 aromatic heterocycles. The van der Waals surface area contributed by atoms with E-state index >= 15 is 0 Å². The van der Waals surface area contributed by atoms with Gasteiger partial charge in [-0.3, -0.25) is 0 Å². The van der Waals surface area contributed by atoms with Crippen LogP contribution in [-0.4, -0.2) is 18.2 Å². The maximum absolute atomic E-state index is 10.9. The Labute approximate surface area is 95.0 Å². The molecule has 0 unspecified atom stereocenters. The van der Waals surface area contributed by atoms with E-state index in [0.717, 1.165) is 31.2 Å². The molecule has 0 atom stereocenters. The van der Waals surface area contributed by atoms with Crippen LogP contribution < -0.4 is 0 Å². The zero-order valence-electron chi connectivity index (χ0n) is 9.40. The zero-order valence-corrected chi connectivity index (χ0v) is 9.40. The second kappa shape index (κ2) is 4.26. The number of carboxylic acid groups (broad SMARTS) is 1. The molecule has 1 fully saturated rings. The zero-order chi connectivity index (χ0) is 11.6. The van der Waals surface area contributed by atoms with Gasteiger partial charge in [0.25, 0.3) is 0 Å². The maximum Gasteiger partial charge on any atom is 0.335 e. The topological polar surface area (TPSA) is 46.5 Å². The van der Waals surface area contributed by atoms with E-state index in [1.54, 1.807) is 25.3 Å². The van der Waals surface area contributed by atoms with Crippen LogP contribution in [0.15, 0.2) is 24.3 Å². The van der Waals surface area contributed by atoms with Crippen molar-refractivity contribution in [2.45, 2.75) is 31.3 Å². The Bertz CT molecular complexity index is 392. The number of ether oxygens (including phenoxy) is 1. The highest BCUT2D eigenvalue weighted by atomic mass is 16.5. The van der Waals surface area contributed by atoms with Crippen molar-refractivity contribution in [2.24, 2.45) is 0 Å². The van der Waals surface area contributed by atoms with E-state index in [1.165, 1.54) is 0 Å². The highest BCUT2D eigenvalue weighted by molar-refractivity contribution is 5.87. The summed E-state index contributed by atoms with van der Waals surface area (Å²) in [6.07, 6.45) is 4.25. The lowest BCUT2D eigenvalue weighted by Crippen LogP contribution is -2.24. The van der Waals surface area contributed by atoms with Crippen LogP contribution in [0, 0.1) is 0 Å². The van der Waals surface area contributed by atoms with Gasteiger partial charge in [0.2, 0.25) is 0 Å². The second-order valence-corrected chi connectivity index (χ2v) is 4.29. The number of carboxylic acids is 1. The number of benzene rings is 1. The van der Waals surface area contributed by atoms with E-state index < -0.39 is 5.97 Å². The van der Waals surface area contributed by atoms with Crippen molar-refractivity contribution in [3.8, 4) is 0 Å². The van der Waals surface area contributed by atoms with E-state index in [4.69, 9.17) is 9.84 Å². The molecule has 3 nitrogen and oxygen atoms in total. The van der Waals surface area contributed by atoms with Crippen molar-refractivity contribution in [3.63, 3.8) is 0 Å². The van der Waals surface area contributed by atoms with Crippen LogP contribution in [0.1, 0.15) is 41.6 Å². The Kier molecular flexibility index (Phi) is 2.97. The third-order valence-corrected chi connectivity index (χ3v) is 3.44. The lowest BCUT2D eigenvalue weighted by molar-refractivity contribution is -0.00875. The average molecular weight is 220 g/mol. The summed E-state index contributed by atoms with van der Waals surface area (Å²) in [5.74, 6) is -0.883. The van der Waals surface area contributed by atoms with Crippen LogP contribution >= 0.6 is 0 Å². The number of methoxy groups -OCH3 is 1. The second-order valence-electron chi connectivity index (χ2n) is 4.29. The molecule has 0 heterocycles. The van der Waals surface area contributed by atoms with Crippen molar-refractivity contribution >= 4 is 5.97 Å². The van der Waals surface area contributed by atoms with Crippen molar-refractivity contribution in [3.05, 3.63) is 35.4 Å². The first kappa shape index (κ1) is 11.1. The quantitative estimate of drug-likeness (QED) is 0.852. The van der Waals surface area contributed by atoms with Crippen molar-refractivity contribution in [2.75, 3.05) is 7.11 Å². The molecule has 0 saturated heterocycles. The third kappa shape index (κ3) is 1.83. The summed E-state index contributed by atoms with van der Waals surface area (Å²) in [5.41, 5.74) is 1.07. The predicted octanol–water partition coefficient (Wildman–Crippen LogP) is 2.80. The molecule has 0 amide bonds. The summed E-state index contributed by atoms with van der Waals surface area (Å²) in [5, 5.41) is 8.97. The molecule has 1 saturated carbocycles. The van der Waals surface area contributed by atoms with E-state index in [1.807, 2.05) is 6.07 Å². The number of rotatable bonds is 3. The van der Waals surface area contributed by atoms with Crippen LogP contribution in [0.25, 0.3) is 0 Å². The number of carbonyl (C=O) groups is 1. The maximum atomic E-state index is 10.9. The summed E-state index contributed by atoms with van der Waals surface area (Å²) < 4.78 is 5.63. The van der Waals surface area contributed by atoms with Crippen LogP contribution in [-0.2, 0) is 10.3 Å². The lowest BCUT2D eigenvalue weighted by Gasteiger charge is -2.28. The molecule has 3 heteroatoms. The van der Waals surface area contributed by atoms with Gasteiger partial charge in [-0.05, 0) is 30.5 Å². The molecule has 1 aromatic rings. The minimum absolute atomic E-state index is 0.258. The summed E-state index contributed by atoms with van der Waals surface area (Å²) in [4.78, 5) is 10.9. The first-order valence-electron chi connectivity index (χ1n) is 5.57. The van der Waals surface area contributed by atoms with Gasteiger partial charge >= 0.3 is 5.97 Å². The van der Waals surface area contributed by atoms with Crippen molar-refractivity contribution in [1.82, 2.24) is 0 Å². The third-order valence-electron chi connectivity index (χ3n) is 3.44. The summed E-state index contributed by atoms with van der Waals surface area (Å²) >= 11 is 0. The van der Waals surface area contributed by atoms with Crippen LogP contribution in [0.2, 0.25) is 0 Å². The number of aromatic carboxylic acids is 1. The lowest BCUT2D eigenvalue weighted by atomic mass is 9.91. The molecule has 2 rings (SSSR count). The van der Waals surface area contributed by atoms with Gasteiger partial charge in [0.05, 0.1) is 11.2 Å². The number of hydrogen-bond acceptors (Lipinski definition) is 2. The Balaban J connectivity index is 2.38. The summed E-state index contributed by atoms with van der Waals surface area (Å²) in [6, 6.07) is 7.10. The SMILES string of the molecule is COC1(c2cccc(C(=O)O)c2)CCCC1. The Morgan fingerprint density at radius 3 is 2.62 bits per heavy atom. The molecular weight excluding hydrogens is 204 g/mol. The van der Waals surface area contributed by atoms with E-state index in [2.05, 4.69) is 0 Å². The summed E-state index contributed by atoms with van der Waals surface area (Å²) in [7, 11) is 1.71. The highest BCUT2D eigenvalue weighted by Crippen LogP contribution is 2.41. The normalized spacial score (nSPS) is 18.6. The van der Waals surface area contributed by atoms with Gasteiger partial charge in [-0.1, -0.05) is 25.0 Å². The smallest absolute Gasteiger partial charge is 0.335 e. The van der Waals surface area contributed by atoms with Crippen LogP contribution in [0.5, 0.6) is 0 Å². The fraction of sp³-hybridized carbons (Fsp3) is 0.462. The molecule has 0 radical (unpaired) electrons. The van der Waals surface area contributed by atoms with Gasteiger partial charge < -0.3 is 9.84 Å². The fourth-order valence-electron chi connectivity index (χ4n) is 2.49. The highest BCUT2D eigenvalue weighted by Gasteiger charge is 2.35. The average Bonchev–Trinajstić information content (AvgIpc) is 2.79. The standard InChI is InChI=1S/C13H16O3/c1-16-13(7-2-3-8-13)11-6-4-5-10(9-11)12(14)15/h4-6,9H,2-3,7-8H2,1H3,(H,14,15). The molecule has 16 heavy (non-hydrogen) atoms. The minimum atomic E-state index is -0.883. The Morgan fingerprint density at radius 2 is 2.06 bits per heavy atom. The van der Waals surface area contributed by atoms with E-state index in [-0.39, 0.29) is 5.60 Å². The predicted molar refractivity (Wildman–Crippen MR) is 60.6 cm³/mol. The van der Waals surface area contributed by atoms with Crippen molar-refractivity contribution < 1.29 is 14.6 Å². The molecule has 1 N–H and O–H groups in total. The van der Waals surface area contributed by atoms with Gasteiger partial charge in [0.1, 0.15) is 0 Å². The summed E-state index contributed by atoms with van der Waals surface area (Å²) in [6.45, 7) is 0. The first-order chi connectivity index (χ1) is 7.68. The van der Waals surface area contributed by atoms with Gasteiger partial charge in [-0.2, -0.15) is 0 Å². The van der Waals surface area contributed by atoms with Gasteiger partial charge in [-0.25, -0.2) is 4.79 Å². The van der Waals surface area contributed by atoms with Gasteiger partial charge in [0, 0.05) is 7.11 Å². The first-order valence-corrected chi connectivity index (χ1v) is 5.57. The molecule has 1 aliphatic rings. The van der Waals surface area contributed by atoms with Gasteiger partial charge in [0.15, 0.2) is 0 Å².